The standard InChI is InChI=1S/C20H23NOS/c1-16-11-13-21(14-12-16)20(22)18-9-7-17(8-10-18)15-23-19-5-3-2-4-6-19/h2-10,16H,11-15H2,1H3. The van der Waals surface area contributed by atoms with Crippen LogP contribution in [0, 0.1) is 5.92 Å². The fraction of sp³-hybridized carbons (Fsp3) is 0.350. The number of rotatable bonds is 4. The molecule has 23 heavy (non-hydrogen) atoms. The Balaban J connectivity index is 1.57. The molecular weight excluding hydrogens is 302 g/mol. The van der Waals surface area contributed by atoms with Crippen molar-refractivity contribution in [1.29, 1.82) is 0 Å². The molecule has 1 amide bonds. The van der Waals surface area contributed by atoms with Crippen molar-refractivity contribution in [2.24, 2.45) is 5.92 Å². The van der Waals surface area contributed by atoms with Crippen LogP contribution in [0.3, 0.4) is 0 Å². The molecule has 0 radical (unpaired) electrons. The fourth-order valence-electron chi connectivity index (χ4n) is 2.82. The fourth-order valence-corrected chi connectivity index (χ4v) is 3.70. The van der Waals surface area contributed by atoms with Crippen LogP contribution in [0.15, 0.2) is 59.5 Å². The topological polar surface area (TPSA) is 20.3 Å². The maximum Gasteiger partial charge on any atom is 0.253 e. The van der Waals surface area contributed by atoms with Crippen LogP contribution < -0.4 is 0 Å². The van der Waals surface area contributed by atoms with Gasteiger partial charge >= 0.3 is 0 Å². The lowest BCUT2D eigenvalue weighted by molar-refractivity contribution is 0.0697. The summed E-state index contributed by atoms with van der Waals surface area (Å²) < 4.78 is 0. The number of hydrogen-bond acceptors (Lipinski definition) is 2. The summed E-state index contributed by atoms with van der Waals surface area (Å²) in [5.74, 6) is 1.86. The lowest BCUT2D eigenvalue weighted by Gasteiger charge is -2.30. The highest BCUT2D eigenvalue weighted by molar-refractivity contribution is 7.98. The number of thioether (sulfide) groups is 1. The van der Waals surface area contributed by atoms with E-state index in [1.165, 1.54) is 10.5 Å². The van der Waals surface area contributed by atoms with Crippen molar-refractivity contribution in [3.05, 3.63) is 65.7 Å². The first-order chi connectivity index (χ1) is 11.2. The van der Waals surface area contributed by atoms with Crippen molar-refractivity contribution in [3.8, 4) is 0 Å². The summed E-state index contributed by atoms with van der Waals surface area (Å²) in [6.07, 6.45) is 2.25. The van der Waals surface area contributed by atoms with E-state index in [1.807, 2.05) is 34.9 Å². The minimum absolute atomic E-state index is 0.180. The van der Waals surface area contributed by atoms with E-state index in [1.54, 1.807) is 0 Å². The van der Waals surface area contributed by atoms with Crippen LogP contribution in [0.1, 0.15) is 35.7 Å². The van der Waals surface area contributed by atoms with Gasteiger partial charge in [-0.15, -0.1) is 11.8 Å². The number of carbonyl (C=O) groups is 1. The molecular formula is C20H23NOS. The van der Waals surface area contributed by atoms with E-state index in [0.717, 1.165) is 43.2 Å². The number of piperidine rings is 1. The molecule has 0 spiro atoms. The monoisotopic (exact) mass is 325 g/mol. The van der Waals surface area contributed by atoms with Crippen molar-refractivity contribution in [1.82, 2.24) is 4.90 Å². The summed E-state index contributed by atoms with van der Waals surface area (Å²) in [6, 6.07) is 18.5. The van der Waals surface area contributed by atoms with Crippen molar-refractivity contribution >= 4 is 17.7 Å². The molecule has 3 rings (SSSR count). The zero-order valence-corrected chi connectivity index (χ0v) is 14.4. The first-order valence-electron chi connectivity index (χ1n) is 8.28. The van der Waals surface area contributed by atoms with Gasteiger partial charge in [-0.25, -0.2) is 0 Å². The van der Waals surface area contributed by atoms with Crippen LogP contribution in [0.4, 0.5) is 0 Å². The zero-order chi connectivity index (χ0) is 16.1. The molecule has 2 aromatic rings. The van der Waals surface area contributed by atoms with Crippen LogP contribution >= 0.6 is 11.8 Å². The first-order valence-corrected chi connectivity index (χ1v) is 9.27. The number of amides is 1. The predicted octanol–water partition coefficient (Wildman–Crippen LogP) is 4.85. The maximum absolute atomic E-state index is 12.5. The van der Waals surface area contributed by atoms with Gasteiger partial charge in [0.2, 0.25) is 0 Å². The molecule has 3 heteroatoms. The van der Waals surface area contributed by atoms with E-state index in [9.17, 15) is 4.79 Å². The second-order valence-electron chi connectivity index (χ2n) is 6.27. The Morgan fingerprint density at radius 3 is 2.35 bits per heavy atom. The van der Waals surface area contributed by atoms with Gasteiger partial charge in [0.1, 0.15) is 0 Å². The Morgan fingerprint density at radius 1 is 1.04 bits per heavy atom. The number of nitrogens with zero attached hydrogens (tertiary/aromatic N) is 1. The smallest absolute Gasteiger partial charge is 0.253 e. The second kappa shape index (κ2) is 7.69. The molecule has 120 valence electrons. The summed E-state index contributed by atoms with van der Waals surface area (Å²) in [4.78, 5) is 15.8. The minimum atomic E-state index is 0.180. The predicted molar refractivity (Wildman–Crippen MR) is 96.7 cm³/mol. The number of hydrogen-bond donors (Lipinski definition) is 0. The minimum Gasteiger partial charge on any atom is -0.339 e. The maximum atomic E-state index is 12.5. The highest BCUT2D eigenvalue weighted by atomic mass is 32.2. The molecule has 0 aliphatic carbocycles. The van der Waals surface area contributed by atoms with Crippen LogP contribution in [0.5, 0.6) is 0 Å². The van der Waals surface area contributed by atoms with Crippen molar-refractivity contribution in [3.63, 3.8) is 0 Å². The molecule has 2 aromatic carbocycles. The van der Waals surface area contributed by atoms with Gasteiger partial charge < -0.3 is 4.90 Å². The largest absolute Gasteiger partial charge is 0.339 e. The summed E-state index contributed by atoms with van der Waals surface area (Å²) in [7, 11) is 0. The summed E-state index contributed by atoms with van der Waals surface area (Å²) >= 11 is 1.82. The van der Waals surface area contributed by atoms with E-state index in [4.69, 9.17) is 0 Å². The summed E-state index contributed by atoms with van der Waals surface area (Å²) in [6.45, 7) is 4.05. The van der Waals surface area contributed by atoms with E-state index < -0.39 is 0 Å². The van der Waals surface area contributed by atoms with Gasteiger partial charge in [0.15, 0.2) is 0 Å². The Kier molecular flexibility index (Phi) is 5.39. The Morgan fingerprint density at radius 2 is 1.70 bits per heavy atom. The van der Waals surface area contributed by atoms with E-state index in [0.29, 0.717) is 0 Å². The van der Waals surface area contributed by atoms with Gasteiger partial charge in [0.25, 0.3) is 5.91 Å². The van der Waals surface area contributed by atoms with Gasteiger partial charge in [0.05, 0.1) is 0 Å². The Bertz CT molecular complexity index is 630. The van der Waals surface area contributed by atoms with Crippen LogP contribution in [0.25, 0.3) is 0 Å². The van der Waals surface area contributed by atoms with E-state index >= 15 is 0 Å². The molecule has 0 N–H and O–H groups in total. The zero-order valence-electron chi connectivity index (χ0n) is 13.6. The second-order valence-corrected chi connectivity index (χ2v) is 7.32. The molecule has 0 aromatic heterocycles. The van der Waals surface area contributed by atoms with Gasteiger partial charge in [-0.1, -0.05) is 37.3 Å². The molecule has 1 saturated heterocycles. The van der Waals surface area contributed by atoms with Crippen LogP contribution in [0.2, 0.25) is 0 Å². The number of likely N-dealkylation sites (tertiary alicyclic amines) is 1. The normalized spacial score (nSPS) is 15.6. The number of carbonyl (C=O) groups excluding carboxylic acids is 1. The molecule has 0 saturated carbocycles. The molecule has 0 unspecified atom stereocenters. The average molecular weight is 325 g/mol. The quantitative estimate of drug-likeness (QED) is 0.749. The third kappa shape index (κ3) is 4.38. The van der Waals surface area contributed by atoms with Crippen molar-refractivity contribution in [2.45, 2.75) is 30.4 Å². The van der Waals surface area contributed by atoms with Crippen molar-refractivity contribution < 1.29 is 4.79 Å². The van der Waals surface area contributed by atoms with Gasteiger partial charge in [0, 0.05) is 29.3 Å². The van der Waals surface area contributed by atoms with Crippen LogP contribution in [-0.2, 0) is 5.75 Å². The summed E-state index contributed by atoms with van der Waals surface area (Å²) in [5.41, 5.74) is 2.07. The third-order valence-corrected chi connectivity index (χ3v) is 5.50. The SMILES string of the molecule is CC1CCN(C(=O)c2ccc(CSc3ccccc3)cc2)CC1. The molecule has 2 nitrogen and oxygen atoms in total. The van der Waals surface area contributed by atoms with E-state index in [-0.39, 0.29) is 5.91 Å². The lowest BCUT2D eigenvalue weighted by Crippen LogP contribution is -2.37. The van der Waals surface area contributed by atoms with Crippen molar-refractivity contribution in [2.75, 3.05) is 13.1 Å². The first kappa shape index (κ1) is 16.1. The molecule has 1 fully saturated rings. The molecule has 0 bridgehead atoms. The Hall–Kier alpha value is -1.74. The van der Waals surface area contributed by atoms with E-state index in [2.05, 4.69) is 43.3 Å². The van der Waals surface area contributed by atoms with Gasteiger partial charge in [-0.05, 0) is 48.6 Å². The lowest BCUT2D eigenvalue weighted by atomic mass is 9.98. The highest BCUT2D eigenvalue weighted by Gasteiger charge is 2.21. The molecule has 1 aliphatic rings. The molecule has 1 heterocycles. The molecule has 0 atom stereocenters. The van der Waals surface area contributed by atoms with Gasteiger partial charge in [-0.2, -0.15) is 0 Å². The third-order valence-electron chi connectivity index (χ3n) is 4.42. The Labute approximate surface area is 142 Å². The van der Waals surface area contributed by atoms with Crippen LogP contribution in [-0.4, -0.2) is 23.9 Å². The highest BCUT2D eigenvalue weighted by Crippen LogP contribution is 2.23. The average Bonchev–Trinajstić information content (AvgIpc) is 2.61. The van der Waals surface area contributed by atoms with Gasteiger partial charge in [-0.3, -0.25) is 4.79 Å². The summed E-state index contributed by atoms with van der Waals surface area (Å²) in [5, 5.41) is 0. The molecule has 1 aliphatic heterocycles. The number of benzene rings is 2.